The molecule has 1 aromatic heterocycles. The van der Waals surface area contributed by atoms with Crippen molar-refractivity contribution >= 4 is 5.91 Å². The topological polar surface area (TPSA) is 85.8 Å². The van der Waals surface area contributed by atoms with Crippen molar-refractivity contribution in [1.82, 2.24) is 20.1 Å². The van der Waals surface area contributed by atoms with Crippen LogP contribution in [0.1, 0.15) is 25.6 Å². The van der Waals surface area contributed by atoms with E-state index in [-0.39, 0.29) is 11.9 Å². The molecule has 15 heavy (non-hydrogen) atoms. The lowest BCUT2D eigenvalue weighted by Gasteiger charge is -2.04. The number of nitrogens with two attached hydrogens (primary N) is 1. The van der Waals surface area contributed by atoms with Gasteiger partial charge in [0.25, 0.3) is 0 Å². The van der Waals surface area contributed by atoms with E-state index in [9.17, 15) is 4.79 Å². The highest BCUT2D eigenvalue weighted by Gasteiger charge is 2.04. The second-order valence-corrected chi connectivity index (χ2v) is 3.63. The monoisotopic (exact) mass is 211 g/mol. The maximum absolute atomic E-state index is 11.3. The van der Waals surface area contributed by atoms with Crippen LogP contribution in [0.25, 0.3) is 0 Å². The molecule has 0 fully saturated rings. The highest BCUT2D eigenvalue weighted by Crippen LogP contribution is 1.94. The molecule has 0 aromatic carbocycles. The van der Waals surface area contributed by atoms with Gasteiger partial charge in [-0.3, -0.25) is 9.48 Å². The van der Waals surface area contributed by atoms with Crippen LogP contribution in [0.3, 0.4) is 0 Å². The molecule has 1 aromatic rings. The van der Waals surface area contributed by atoms with Crippen LogP contribution < -0.4 is 11.1 Å². The number of carbonyl (C=O) groups excluding carboxylic acids is 1. The Morgan fingerprint density at radius 3 is 3.00 bits per heavy atom. The van der Waals surface area contributed by atoms with E-state index in [0.717, 1.165) is 0 Å². The summed E-state index contributed by atoms with van der Waals surface area (Å²) < 4.78 is 1.60. The summed E-state index contributed by atoms with van der Waals surface area (Å²) in [6, 6.07) is 0.0590. The van der Waals surface area contributed by atoms with Crippen LogP contribution in [0.2, 0.25) is 0 Å². The van der Waals surface area contributed by atoms with E-state index >= 15 is 0 Å². The van der Waals surface area contributed by atoms with E-state index in [1.165, 1.54) is 0 Å². The van der Waals surface area contributed by atoms with Gasteiger partial charge in [-0.1, -0.05) is 0 Å². The first-order valence-electron chi connectivity index (χ1n) is 4.94. The lowest BCUT2D eigenvalue weighted by molar-refractivity contribution is -0.121. The molecule has 0 aliphatic carbocycles. The van der Waals surface area contributed by atoms with Gasteiger partial charge in [-0.2, -0.15) is 5.10 Å². The first-order chi connectivity index (χ1) is 7.08. The van der Waals surface area contributed by atoms with Crippen LogP contribution in [0, 0.1) is 0 Å². The van der Waals surface area contributed by atoms with Crippen molar-refractivity contribution in [2.75, 3.05) is 0 Å². The fourth-order valence-corrected chi connectivity index (χ4v) is 1.09. The van der Waals surface area contributed by atoms with Crippen molar-refractivity contribution in [3.05, 3.63) is 12.2 Å². The zero-order chi connectivity index (χ0) is 11.3. The van der Waals surface area contributed by atoms with Gasteiger partial charge in [-0.05, 0) is 13.3 Å². The van der Waals surface area contributed by atoms with Crippen molar-refractivity contribution < 1.29 is 4.79 Å². The number of amides is 1. The van der Waals surface area contributed by atoms with Crippen LogP contribution in [0.5, 0.6) is 0 Å². The van der Waals surface area contributed by atoms with Crippen LogP contribution in [0.15, 0.2) is 6.33 Å². The van der Waals surface area contributed by atoms with Crippen molar-refractivity contribution in [1.29, 1.82) is 0 Å². The third-order valence-electron chi connectivity index (χ3n) is 1.92. The minimum Gasteiger partial charge on any atom is -0.349 e. The van der Waals surface area contributed by atoms with E-state index < -0.39 is 0 Å². The summed E-state index contributed by atoms with van der Waals surface area (Å²) in [5.41, 5.74) is 5.54. The number of aromatic nitrogens is 3. The van der Waals surface area contributed by atoms with E-state index in [1.807, 2.05) is 6.92 Å². The lowest BCUT2D eigenvalue weighted by atomic mass is 10.2. The number of carbonyl (C=O) groups is 1. The number of hydrogen-bond donors (Lipinski definition) is 2. The molecule has 84 valence electrons. The van der Waals surface area contributed by atoms with Crippen LogP contribution in [-0.2, 0) is 18.4 Å². The number of nitrogens with zero attached hydrogens (tertiary/aromatic N) is 3. The fraction of sp³-hybridized carbons (Fsp3) is 0.667. The molecule has 0 saturated carbocycles. The predicted octanol–water partition coefficient (Wildman–Crippen LogP) is -0.441. The standard InChI is InChI=1S/C9H17N5O/c1-7(10)3-4-9(15)11-5-8-12-6-14(2)13-8/h6-7H,3-5,10H2,1-2H3,(H,11,15). The Kier molecular flexibility index (Phi) is 4.23. The Labute approximate surface area is 88.9 Å². The van der Waals surface area contributed by atoms with Crippen LogP contribution >= 0.6 is 0 Å². The zero-order valence-electron chi connectivity index (χ0n) is 9.10. The minimum absolute atomic E-state index is 0.0141. The quantitative estimate of drug-likeness (QED) is 0.691. The van der Waals surface area contributed by atoms with Crippen LogP contribution in [-0.4, -0.2) is 26.7 Å². The molecule has 0 aliphatic heterocycles. The predicted molar refractivity (Wildman–Crippen MR) is 55.7 cm³/mol. The Hall–Kier alpha value is -1.43. The number of hydrogen-bond acceptors (Lipinski definition) is 4. The summed E-state index contributed by atoms with van der Waals surface area (Å²) in [4.78, 5) is 15.3. The SMILES string of the molecule is CC(N)CCC(=O)NCc1ncn(C)n1. The normalized spacial score (nSPS) is 12.5. The highest BCUT2D eigenvalue weighted by molar-refractivity contribution is 5.75. The van der Waals surface area contributed by atoms with E-state index in [1.54, 1.807) is 18.1 Å². The average Bonchev–Trinajstić information content (AvgIpc) is 2.58. The Morgan fingerprint density at radius 1 is 1.73 bits per heavy atom. The Balaban J connectivity index is 2.22. The maximum atomic E-state index is 11.3. The third kappa shape index (κ3) is 4.55. The molecule has 0 saturated heterocycles. The largest absolute Gasteiger partial charge is 0.349 e. The molecule has 0 bridgehead atoms. The van der Waals surface area contributed by atoms with Gasteiger partial charge in [0.1, 0.15) is 6.33 Å². The zero-order valence-corrected chi connectivity index (χ0v) is 9.10. The first-order valence-corrected chi connectivity index (χ1v) is 4.94. The molecule has 6 heteroatoms. The molecule has 0 radical (unpaired) electrons. The van der Waals surface area contributed by atoms with Gasteiger partial charge in [-0.25, -0.2) is 4.98 Å². The van der Waals surface area contributed by atoms with Gasteiger partial charge < -0.3 is 11.1 Å². The molecule has 3 N–H and O–H groups in total. The van der Waals surface area contributed by atoms with Gasteiger partial charge in [0.05, 0.1) is 6.54 Å². The van der Waals surface area contributed by atoms with Gasteiger partial charge in [0.2, 0.25) is 5.91 Å². The van der Waals surface area contributed by atoms with Crippen molar-refractivity contribution in [2.24, 2.45) is 12.8 Å². The van der Waals surface area contributed by atoms with Crippen LogP contribution in [0.4, 0.5) is 0 Å². The van der Waals surface area contributed by atoms with E-state index in [2.05, 4.69) is 15.4 Å². The smallest absolute Gasteiger partial charge is 0.220 e. The van der Waals surface area contributed by atoms with E-state index in [4.69, 9.17) is 5.73 Å². The summed E-state index contributed by atoms with van der Waals surface area (Å²) in [5.74, 6) is 0.603. The molecule has 1 unspecified atom stereocenters. The number of nitrogens with one attached hydrogen (secondary N) is 1. The highest BCUT2D eigenvalue weighted by atomic mass is 16.1. The van der Waals surface area contributed by atoms with Gasteiger partial charge >= 0.3 is 0 Å². The van der Waals surface area contributed by atoms with Crippen molar-refractivity contribution in [3.8, 4) is 0 Å². The van der Waals surface area contributed by atoms with Crippen molar-refractivity contribution in [2.45, 2.75) is 32.4 Å². The van der Waals surface area contributed by atoms with Gasteiger partial charge in [0, 0.05) is 19.5 Å². The minimum atomic E-state index is -0.0141. The van der Waals surface area contributed by atoms with Gasteiger partial charge in [0.15, 0.2) is 5.82 Å². The molecule has 1 rings (SSSR count). The maximum Gasteiger partial charge on any atom is 0.220 e. The first kappa shape index (κ1) is 11.6. The summed E-state index contributed by atoms with van der Waals surface area (Å²) in [6.45, 7) is 2.26. The Bertz CT molecular complexity index is 320. The molecule has 1 heterocycles. The summed E-state index contributed by atoms with van der Waals surface area (Å²) >= 11 is 0. The summed E-state index contributed by atoms with van der Waals surface area (Å²) in [6.07, 6.45) is 2.75. The number of aryl methyl sites for hydroxylation is 1. The Morgan fingerprint density at radius 2 is 2.47 bits per heavy atom. The lowest BCUT2D eigenvalue weighted by Crippen LogP contribution is -2.25. The second kappa shape index (κ2) is 5.45. The molecule has 6 nitrogen and oxygen atoms in total. The van der Waals surface area contributed by atoms with E-state index in [0.29, 0.717) is 25.2 Å². The summed E-state index contributed by atoms with van der Waals surface area (Å²) in [7, 11) is 1.79. The molecular formula is C9H17N5O. The second-order valence-electron chi connectivity index (χ2n) is 3.63. The third-order valence-corrected chi connectivity index (χ3v) is 1.92. The molecule has 0 aliphatic rings. The van der Waals surface area contributed by atoms with Crippen molar-refractivity contribution in [3.63, 3.8) is 0 Å². The fourth-order valence-electron chi connectivity index (χ4n) is 1.09. The average molecular weight is 211 g/mol. The molecule has 1 atom stereocenters. The molecule has 0 spiro atoms. The molecular weight excluding hydrogens is 194 g/mol. The summed E-state index contributed by atoms with van der Waals surface area (Å²) in [5, 5.41) is 6.78. The number of rotatable bonds is 5. The van der Waals surface area contributed by atoms with Gasteiger partial charge in [-0.15, -0.1) is 0 Å². The molecule has 1 amide bonds.